The van der Waals surface area contributed by atoms with Crippen molar-refractivity contribution in [3.05, 3.63) is 28.8 Å². The first-order valence-corrected chi connectivity index (χ1v) is 10.2. The Hall–Kier alpha value is -1.81. The minimum absolute atomic E-state index is 0.167. The Morgan fingerprint density at radius 1 is 1.10 bits per heavy atom. The monoisotopic (exact) mass is 445 g/mol. The zero-order chi connectivity index (χ0) is 21.7. The summed E-state index contributed by atoms with van der Waals surface area (Å²) in [6, 6.07) is 4.58. The van der Waals surface area contributed by atoms with E-state index >= 15 is 0 Å². The van der Waals surface area contributed by atoms with Crippen LogP contribution in [0.3, 0.4) is 0 Å². The Morgan fingerprint density at radius 3 is 2.28 bits per heavy atom. The number of halogens is 1. The molecule has 0 aliphatic carbocycles. The Kier molecular flexibility index (Phi) is 8.33. The zero-order valence-electron chi connectivity index (χ0n) is 16.5. The quantitative estimate of drug-likeness (QED) is 0.519. The number of carbonyl (C=O) groups is 3. The summed E-state index contributed by atoms with van der Waals surface area (Å²) in [6.07, 6.45) is -2.70. The second kappa shape index (κ2) is 10.3. The first-order valence-electron chi connectivity index (χ1n) is 8.90. The highest BCUT2D eigenvalue weighted by Crippen LogP contribution is 2.36. The van der Waals surface area contributed by atoms with Gasteiger partial charge in [-0.3, -0.25) is 14.4 Å². The van der Waals surface area contributed by atoms with Crippen LogP contribution in [0.5, 0.6) is 0 Å². The van der Waals surface area contributed by atoms with E-state index in [4.69, 9.17) is 36.3 Å². The topological polar surface area (TPSA) is 114 Å². The molecule has 1 aromatic rings. The molecule has 1 heterocycles. The van der Waals surface area contributed by atoms with Gasteiger partial charge in [0.25, 0.3) is 0 Å². The van der Waals surface area contributed by atoms with Gasteiger partial charge >= 0.3 is 17.9 Å². The summed E-state index contributed by atoms with van der Waals surface area (Å²) in [4.78, 5) is 35.2. The second-order valence-corrected chi connectivity index (χ2v) is 8.18. The summed E-state index contributed by atoms with van der Waals surface area (Å²) in [7, 11) is 0. The number of thioether (sulfide) groups is 1. The fraction of sp³-hybridized carbons (Fsp3) is 0.526. The molecule has 0 spiro atoms. The van der Waals surface area contributed by atoms with Gasteiger partial charge in [0.2, 0.25) is 0 Å². The number of ether oxygens (including phenoxy) is 4. The average Bonchev–Trinajstić information content (AvgIpc) is 2.61. The maximum atomic E-state index is 11.6. The number of hydrogen-bond donors (Lipinski definition) is 1. The predicted octanol–water partition coefficient (Wildman–Crippen LogP) is 2.22. The van der Waals surface area contributed by atoms with Crippen molar-refractivity contribution < 1.29 is 33.3 Å². The van der Waals surface area contributed by atoms with Crippen LogP contribution < -0.4 is 5.73 Å². The van der Waals surface area contributed by atoms with Gasteiger partial charge in [0.05, 0.1) is 6.04 Å². The van der Waals surface area contributed by atoms with E-state index in [2.05, 4.69) is 0 Å². The van der Waals surface area contributed by atoms with Crippen LogP contribution in [-0.4, -0.2) is 54.3 Å². The molecule has 1 fully saturated rings. The molecule has 5 unspecified atom stereocenters. The van der Waals surface area contributed by atoms with Gasteiger partial charge in [-0.25, -0.2) is 0 Å². The maximum absolute atomic E-state index is 11.6. The van der Waals surface area contributed by atoms with Gasteiger partial charge in [-0.2, -0.15) is 0 Å². The van der Waals surface area contributed by atoms with Gasteiger partial charge in [-0.1, -0.05) is 29.4 Å². The van der Waals surface area contributed by atoms with Gasteiger partial charge in [-0.15, -0.1) is 0 Å². The van der Waals surface area contributed by atoms with E-state index in [1.807, 2.05) is 19.1 Å². The average molecular weight is 446 g/mol. The van der Waals surface area contributed by atoms with Gasteiger partial charge in [0, 0.05) is 30.7 Å². The molecule has 0 bridgehead atoms. The third kappa shape index (κ3) is 6.60. The molecule has 160 valence electrons. The van der Waals surface area contributed by atoms with Crippen LogP contribution >= 0.6 is 23.4 Å². The van der Waals surface area contributed by atoms with E-state index in [0.717, 1.165) is 10.5 Å². The molecule has 1 aliphatic heterocycles. The smallest absolute Gasteiger partial charge is 0.303 e. The fourth-order valence-corrected chi connectivity index (χ4v) is 4.24. The van der Waals surface area contributed by atoms with Gasteiger partial charge in [0.15, 0.2) is 6.10 Å². The van der Waals surface area contributed by atoms with Crippen molar-refractivity contribution in [1.82, 2.24) is 0 Å². The van der Waals surface area contributed by atoms with Gasteiger partial charge in [0.1, 0.15) is 24.3 Å². The highest BCUT2D eigenvalue weighted by molar-refractivity contribution is 7.99. The SMILES string of the molecule is CC(=O)OCC1OC(Sc2ccc(C)c(Cl)c2)C(OC(C)=O)C(N)C1OC(C)=O. The van der Waals surface area contributed by atoms with Crippen molar-refractivity contribution in [3.63, 3.8) is 0 Å². The largest absolute Gasteiger partial charge is 0.463 e. The van der Waals surface area contributed by atoms with Crippen molar-refractivity contribution in [2.75, 3.05) is 6.61 Å². The molecule has 1 saturated heterocycles. The van der Waals surface area contributed by atoms with Crippen LogP contribution in [0.4, 0.5) is 0 Å². The molecule has 0 saturated carbocycles. The van der Waals surface area contributed by atoms with Crippen LogP contribution in [0, 0.1) is 6.92 Å². The molecule has 29 heavy (non-hydrogen) atoms. The standard InChI is InChI=1S/C19H24ClNO7S/c1-9-5-6-13(7-14(9)20)29-19-18(27-12(4)24)16(21)17(26-11(3)23)15(28-19)8-25-10(2)22/h5-7,15-19H,8,21H2,1-4H3. The highest BCUT2D eigenvalue weighted by atomic mass is 35.5. The van der Waals surface area contributed by atoms with Crippen molar-refractivity contribution in [3.8, 4) is 0 Å². The molecular weight excluding hydrogens is 422 g/mol. The lowest BCUT2D eigenvalue weighted by Crippen LogP contribution is -2.63. The maximum Gasteiger partial charge on any atom is 0.303 e. The molecule has 5 atom stereocenters. The van der Waals surface area contributed by atoms with E-state index in [9.17, 15) is 14.4 Å². The van der Waals surface area contributed by atoms with E-state index in [1.165, 1.54) is 32.5 Å². The summed E-state index contributed by atoms with van der Waals surface area (Å²) in [5.41, 5.74) is 6.48. The van der Waals surface area contributed by atoms with Crippen molar-refractivity contribution in [2.24, 2.45) is 5.73 Å². The first kappa shape index (κ1) is 23.5. The first-order chi connectivity index (χ1) is 13.6. The van der Waals surface area contributed by atoms with E-state index in [0.29, 0.717) is 5.02 Å². The van der Waals surface area contributed by atoms with Crippen LogP contribution in [0.15, 0.2) is 23.1 Å². The fourth-order valence-electron chi connectivity index (χ4n) is 2.82. The number of aryl methyl sites for hydroxylation is 1. The predicted molar refractivity (Wildman–Crippen MR) is 106 cm³/mol. The lowest BCUT2D eigenvalue weighted by Gasteiger charge is -2.43. The lowest BCUT2D eigenvalue weighted by molar-refractivity contribution is -0.201. The number of benzene rings is 1. The molecule has 0 amide bonds. The normalized spacial score (nSPS) is 26.5. The summed E-state index contributed by atoms with van der Waals surface area (Å²) in [5, 5.41) is 0.577. The molecular formula is C19H24ClNO7S. The van der Waals surface area contributed by atoms with Crippen LogP contribution in [-0.2, 0) is 33.3 Å². The number of esters is 3. The summed E-state index contributed by atoms with van der Waals surface area (Å²) < 4.78 is 21.7. The molecule has 8 nitrogen and oxygen atoms in total. The molecule has 2 N–H and O–H groups in total. The summed E-state index contributed by atoms with van der Waals surface area (Å²) in [6.45, 7) is 5.45. The Morgan fingerprint density at radius 2 is 1.72 bits per heavy atom. The van der Waals surface area contributed by atoms with Gasteiger partial charge < -0.3 is 24.7 Å². The molecule has 0 aromatic heterocycles. The third-order valence-corrected chi connectivity index (χ3v) is 5.70. The lowest BCUT2D eigenvalue weighted by atomic mass is 9.97. The van der Waals surface area contributed by atoms with Crippen LogP contribution in [0.2, 0.25) is 5.02 Å². The van der Waals surface area contributed by atoms with Crippen LogP contribution in [0.25, 0.3) is 0 Å². The number of rotatable bonds is 6. The molecule has 0 radical (unpaired) electrons. The Bertz CT molecular complexity index is 773. The molecule has 10 heteroatoms. The second-order valence-electron chi connectivity index (χ2n) is 6.60. The molecule has 1 aromatic carbocycles. The Balaban J connectivity index is 2.31. The van der Waals surface area contributed by atoms with Crippen LogP contribution in [0.1, 0.15) is 26.3 Å². The highest BCUT2D eigenvalue weighted by Gasteiger charge is 2.48. The minimum Gasteiger partial charge on any atom is -0.463 e. The van der Waals surface area contributed by atoms with Crippen molar-refractivity contribution in [2.45, 2.75) is 62.4 Å². The summed E-state index contributed by atoms with van der Waals surface area (Å²) >= 11 is 7.45. The number of nitrogens with two attached hydrogens (primary N) is 1. The summed E-state index contributed by atoms with van der Waals surface area (Å²) in [5.74, 6) is -1.65. The minimum atomic E-state index is -0.963. The van der Waals surface area contributed by atoms with E-state index in [1.54, 1.807) is 6.07 Å². The number of hydrogen-bond acceptors (Lipinski definition) is 9. The van der Waals surface area contributed by atoms with Crippen molar-refractivity contribution in [1.29, 1.82) is 0 Å². The third-order valence-electron chi connectivity index (χ3n) is 4.15. The van der Waals surface area contributed by atoms with Gasteiger partial charge in [-0.05, 0) is 24.6 Å². The van der Waals surface area contributed by atoms with E-state index in [-0.39, 0.29) is 6.61 Å². The van der Waals surface area contributed by atoms with Crippen molar-refractivity contribution >= 4 is 41.3 Å². The molecule has 2 rings (SSSR count). The molecule has 1 aliphatic rings. The zero-order valence-corrected chi connectivity index (χ0v) is 18.1. The van der Waals surface area contributed by atoms with E-state index < -0.39 is 47.7 Å². The number of carbonyl (C=O) groups excluding carboxylic acids is 3. The Labute approximate surface area is 178 Å².